The van der Waals surface area contributed by atoms with Gasteiger partial charge < -0.3 is 15.4 Å². The van der Waals surface area contributed by atoms with Crippen molar-refractivity contribution in [3.63, 3.8) is 0 Å². The average molecular weight is 280 g/mol. The Balaban J connectivity index is 2.14. The number of nitrogens with zero attached hydrogens (tertiary/aromatic N) is 1. The Bertz CT molecular complexity index is 456. The van der Waals surface area contributed by atoms with Crippen molar-refractivity contribution < 1.29 is 9.13 Å². The topological polar surface area (TPSA) is 38.5 Å². The van der Waals surface area contributed by atoms with Crippen molar-refractivity contribution in [1.29, 1.82) is 0 Å². The van der Waals surface area contributed by atoms with Gasteiger partial charge in [0.05, 0.1) is 7.11 Å². The van der Waals surface area contributed by atoms with Gasteiger partial charge in [-0.2, -0.15) is 0 Å². The van der Waals surface area contributed by atoms with Crippen molar-refractivity contribution in [2.45, 2.75) is 43.7 Å². The summed E-state index contributed by atoms with van der Waals surface area (Å²) in [4.78, 5) is 2.25. The summed E-state index contributed by atoms with van der Waals surface area (Å²) in [7, 11) is 5.67. The second kappa shape index (κ2) is 6.10. The maximum absolute atomic E-state index is 13.8. The number of halogens is 1. The standard InChI is InChI=1S/C16H25FN2O/c1-19(2)16(8-4-5-9-16)15(18)11-12-6-7-14(20-3)13(17)10-12/h6-7,10,15H,4-5,8-9,11,18H2,1-3H3. The molecule has 0 radical (unpaired) electrons. The number of rotatable bonds is 5. The second-order valence-corrected chi connectivity index (χ2v) is 5.98. The first kappa shape index (κ1) is 15.3. The molecule has 1 fully saturated rings. The number of methoxy groups -OCH3 is 1. The highest BCUT2D eigenvalue weighted by molar-refractivity contribution is 5.30. The van der Waals surface area contributed by atoms with Crippen LogP contribution >= 0.6 is 0 Å². The van der Waals surface area contributed by atoms with Crippen LogP contribution in [0, 0.1) is 5.82 Å². The zero-order chi connectivity index (χ0) is 14.8. The summed E-state index contributed by atoms with van der Waals surface area (Å²) in [5.74, 6) is -0.0342. The molecule has 1 aromatic carbocycles. The fraction of sp³-hybridized carbons (Fsp3) is 0.625. The fourth-order valence-electron chi connectivity index (χ4n) is 3.42. The molecule has 1 aromatic rings. The molecule has 2 N–H and O–H groups in total. The van der Waals surface area contributed by atoms with E-state index in [9.17, 15) is 4.39 Å². The van der Waals surface area contributed by atoms with Gasteiger partial charge in [0, 0.05) is 11.6 Å². The van der Waals surface area contributed by atoms with Crippen LogP contribution in [0.15, 0.2) is 18.2 Å². The molecule has 4 heteroatoms. The third-order valence-corrected chi connectivity index (χ3v) is 4.72. The molecular formula is C16H25FN2O. The zero-order valence-electron chi connectivity index (χ0n) is 12.7. The number of nitrogens with two attached hydrogens (primary N) is 1. The summed E-state index contributed by atoms with van der Waals surface area (Å²) in [6, 6.07) is 5.14. The second-order valence-electron chi connectivity index (χ2n) is 5.98. The van der Waals surface area contributed by atoms with E-state index >= 15 is 0 Å². The van der Waals surface area contributed by atoms with Crippen LogP contribution in [0.25, 0.3) is 0 Å². The predicted molar refractivity (Wildman–Crippen MR) is 79.5 cm³/mol. The molecule has 112 valence electrons. The molecule has 0 bridgehead atoms. The van der Waals surface area contributed by atoms with Gasteiger partial charge in [0.2, 0.25) is 0 Å². The number of hydrogen-bond acceptors (Lipinski definition) is 3. The molecule has 2 rings (SSSR count). The SMILES string of the molecule is COc1ccc(CC(N)C2(N(C)C)CCCC2)cc1F. The molecule has 1 aliphatic rings. The Morgan fingerprint density at radius 3 is 2.50 bits per heavy atom. The van der Waals surface area contributed by atoms with E-state index in [0.29, 0.717) is 6.42 Å². The Hall–Kier alpha value is -1.13. The largest absolute Gasteiger partial charge is 0.494 e. The van der Waals surface area contributed by atoms with E-state index in [4.69, 9.17) is 10.5 Å². The smallest absolute Gasteiger partial charge is 0.165 e. The predicted octanol–water partition coefficient (Wildman–Crippen LogP) is 2.58. The molecule has 1 aliphatic carbocycles. The summed E-state index contributed by atoms with van der Waals surface area (Å²) in [6.45, 7) is 0. The molecule has 0 saturated heterocycles. The van der Waals surface area contributed by atoms with Crippen LogP contribution in [0.4, 0.5) is 4.39 Å². The Labute approximate surface area is 120 Å². The van der Waals surface area contributed by atoms with Crippen molar-refractivity contribution in [3.8, 4) is 5.75 Å². The quantitative estimate of drug-likeness (QED) is 0.901. The van der Waals surface area contributed by atoms with Crippen molar-refractivity contribution in [2.75, 3.05) is 21.2 Å². The first-order chi connectivity index (χ1) is 9.49. The van der Waals surface area contributed by atoms with Crippen molar-refractivity contribution in [2.24, 2.45) is 5.73 Å². The molecule has 0 heterocycles. The van der Waals surface area contributed by atoms with Gasteiger partial charge in [0.1, 0.15) is 0 Å². The Morgan fingerprint density at radius 1 is 1.35 bits per heavy atom. The first-order valence-electron chi connectivity index (χ1n) is 7.25. The van der Waals surface area contributed by atoms with Gasteiger partial charge in [0.15, 0.2) is 11.6 Å². The van der Waals surface area contributed by atoms with Gasteiger partial charge in [0.25, 0.3) is 0 Å². The maximum atomic E-state index is 13.8. The van der Waals surface area contributed by atoms with E-state index in [0.717, 1.165) is 18.4 Å². The van der Waals surface area contributed by atoms with Crippen molar-refractivity contribution in [3.05, 3.63) is 29.6 Å². The lowest BCUT2D eigenvalue weighted by atomic mass is 9.83. The van der Waals surface area contributed by atoms with E-state index in [2.05, 4.69) is 19.0 Å². The highest BCUT2D eigenvalue weighted by atomic mass is 19.1. The van der Waals surface area contributed by atoms with E-state index in [1.807, 2.05) is 6.07 Å². The average Bonchev–Trinajstić information content (AvgIpc) is 2.89. The fourth-order valence-corrected chi connectivity index (χ4v) is 3.42. The minimum atomic E-state index is -0.317. The molecule has 0 aliphatic heterocycles. The molecule has 20 heavy (non-hydrogen) atoms. The minimum absolute atomic E-state index is 0.0211. The number of benzene rings is 1. The van der Waals surface area contributed by atoms with Gasteiger partial charge in [-0.05, 0) is 51.1 Å². The first-order valence-corrected chi connectivity index (χ1v) is 7.25. The van der Waals surface area contributed by atoms with E-state index in [1.54, 1.807) is 6.07 Å². The van der Waals surface area contributed by atoms with Crippen LogP contribution < -0.4 is 10.5 Å². The number of hydrogen-bond donors (Lipinski definition) is 1. The van der Waals surface area contributed by atoms with Crippen LogP contribution in [0.5, 0.6) is 5.75 Å². The highest BCUT2D eigenvalue weighted by Crippen LogP contribution is 2.37. The normalized spacial score (nSPS) is 19.3. The minimum Gasteiger partial charge on any atom is -0.494 e. The molecule has 1 atom stereocenters. The summed E-state index contributed by atoms with van der Waals surface area (Å²) in [5, 5.41) is 0. The molecule has 1 saturated carbocycles. The van der Waals surface area contributed by atoms with Crippen LogP contribution in [0.2, 0.25) is 0 Å². The van der Waals surface area contributed by atoms with Gasteiger partial charge in [-0.25, -0.2) is 4.39 Å². The lowest BCUT2D eigenvalue weighted by Crippen LogP contribution is -2.56. The van der Waals surface area contributed by atoms with Crippen LogP contribution in [-0.4, -0.2) is 37.7 Å². The molecular weight excluding hydrogens is 255 g/mol. The molecule has 0 aromatic heterocycles. The number of ether oxygens (including phenoxy) is 1. The Morgan fingerprint density at radius 2 is 2.00 bits per heavy atom. The third kappa shape index (κ3) is 2.81. The van der Waals surface area contributed by atoms with Gasteiger partial charge in [-0.3, -0.25) is 0 Å². The highest BCUT2D eigenvalue weighted by Gasteiger charge is 2.41. The Kier molecular flexibility index (Phi) is 4.66. The third-order valence-electron chi connectivity index (χ3n) is 4.72. The van der Waals surface area contributed by atoms with E-state index in [-0.39, 0.29) is 23.1 Å². The van der Waals surface area contributed by atoms with E-state index in [1.165, 1.54) is 26.0 Å². The van der Waals surface area contributed by atoms with Crippen LogP contribution in [0.1, 0.15) is 31.2 Å². The molecule has 3 nitrogen and oxygen atoms in total. The lowest BCUT2D eigenvalue weighted by Gasteiger charge is -2.41. The van der Waals surface area contributed by atoms with Gasteiger partial charge >= 0.3 is 0 Å². The lowest BCUT2D eigenvalue weighted by molar-refractivity contribution is 0.123. The van der Waals surface area contributed by atoms with Crippen LogP contribution in [0.3, 0.4) is 0 Å². The summed E-state index contributed by atoms with van der Waals surface area (Å²) in [6.07, 6.45) is 5.39. The van der Waals surface area contributed by atoms with Gasteiger partial charge in [-0.1, -0.05) is 18.9 Å². The molecule has 0 spiro atoms. The molecule has 0 amide bonds. The van der Waals surface area contributed by atoms with Crippen molar-refractivity contribution >= 4 is 0 Å². The van der Waals surface area contributed by atoms with Crippen LogP contribution in [-0.2, 0) is 6.42 Å². The van der Waals surface area contributed by atoms with Crippen molar-refractivity contribution in [1.82, 2.24) is 4.90 Å². The van der Waals surface area contributed by atoms with E-state index < -0.39 is 0 Å². The zero-order valence-corrected chi connectivity index (χ0v) is 12.7. The monoisotopic (exact) mass is 280 g/mol. The number of likely N-dealkylation sites (N-methyl/N-ethyl adjacent to an activating group) is 1. The van der Waals surface area contributed by atoms with Gasteiger partial charge in [-0.15, -0.1) is 0 Å². The summed E-state index contributed by atoms with van der Waals surface area (Å²) in [5.41, 5.74) is 7.46. The summed E-state index contributed by atoms with van der Waals surface area (Å²) >= 11 is 0. The summed E-state index contributed by atoms with van der Waals surface area (Å²) < 4.78 is 18.7. The molecule has 1 unspecified atom stereocenters. The maximum Gasteiger partial charge on any atom is 0.165 e.